The molecule has 2 rings (SSSR count). The monoisotopic (exact) mass is 233 g/mol. The highest BCUT2D eigenvalue weighted by atomic mass is 15.3. The maximum absolute atomic E-state index is 5.86. The third-order valence-corrected chi connectivity index (χ3v) is 3.60. The quantitative estimate of drug-likeness (QED) is 0.865. The molecule has 2 N–H and O–H groups in total. The van der Waals surface area contributed by atoms with Gasteiger partial charge in [0.1, 0.15) is 0 Å². The van der Waals surface area contributed by atoms with Crippen LogP contribution in [-0.2, 0) is 0 Å². The van der Waals surface area contributed by atoms with Crippen LogP contribution in [0.1, 0.15) is 25.5 Å². The fourth-order valence-electron chi connectivity index (χ4n) is 2.31. The van der Waals surface area contributed by atoms with Gasteiger partial charge in [0.25, 0.3) is 0 Å². The van der Waals surface area contributed by atoms with Gasteiger partial charge < -0.3 is 15.5 Å². The summed E-state index contributed by atoms with van der Waals surface area (Å²) < 4.78 is 0. The molecule has 0 saturated carbocycles. The van der Waals surface area contributed by atoms with Crippen LogP contribution in [-0.4, -0.2) is 37.6 Å². The van der Waals surface area contributed by atoms with Crippen LogP contribution in [0.5, 0.6) is 0 Å². The molecule has 0 aromatic heterocycles. The van der Waals surface area contributed by atoms with Gasteiger partial charge in [0.2, 0.25) is 0 Å². The zero-order chi connectivity index (χ0) is 12.3. The summed E-state index contributed by atoms with van der Waals surface area (Å²) in [4.78, 5) is 4.95. The van der Waals surface area contributed by atoms with E-state index in [0.717, 1.165) is 19.6 Å². The highest BCUT2D eigenvalue weighted by Crippen LogP contribution is 2.19. The highest BCUT2D eigenvalue weighted by Gasteiger charge is 2.15. The summed E-state index contributed by atoms with van der Waals surface area (Å²) in [5.74, 6) is 0. The molecule has 1 atom stereocenters. The van der Waals surface area contributed by atoms with Crippen LogP contribution in [0.25, 0.3) is 0 Å². The first-order chi connectivity index (χ1) is 8.20. The predicted octanol–water partition coefficient (Wildman–Crippen LogP) is 1.85. The Bertz CT molecular complexity index is 337. The van der Waals surface area contributed by atoms with Gasteiger partial charge in [-0.1, -0.05) is 19.1 Å². The zero-order valence-electron chi connectivity index (χ0n) is 10.9. The summed E-state index contributed by atoms with van der Waals surface area (Å²) in [6.07, 6.45) is 0. The molecule has 0 amide bonds. The lowest BCUT2D eigenvalue weighted by Gasteiger charge is -2.35. The van der Waals surface area contributed by atoms with Gasteiger partial charge in [-0.3, -0.25) is 0 Å². The first-order valence-electron chi connectivity index (χ1n) is 6.53. The Balaban J connectivity index is 1.99. The van der Waals surface area contributed by atoms with E-state index in [2.05, 4.69) is 41.0 Å². The summed E-state index contributed by atoms with van der Waals surface area (Å²) in [6, 6.07) is 8.81. The first kappa shape index (κ1) is 12.4. The molecule has 1 fully saturated rings. The van der Waals surface area contributed by atoms with Crippen molar-refractivity contribution in [1.29, 1.82) is 0 Å². The van der Waals surface area contributed by atoms with Crippen molar-refractivity contribution >= 4 is 5.69 Å². The summed E-state index contributed by atoms with van der Waals surface area (Å²) in [6.45, 7) is 10.0. The standard InChI is InChI=1S/C14H23N3/c1-3-16-8-10-17(11-9-16)14-6-4-13(5-7-14)12(2)15/h4-7,12H,3,8-11,15H2,1-2H3/t12-/m1/s1. The van der Waals surface area contributed by atoms with E-state index in [-0.39, 0.29) is 6.04 Å². The van der Waals surface area contributed by atoms with Gasteiger partial charge in [0.05, 0.1) is 0 Å². The molecule has 3 nitrogen and oxygen atoms in total. The highest BCUT2D eigenvalue weighted by molar-refractivity contribution is 5.48. The number of likely N-dealkylation sites (N-methyl/N-ethyl adjacent to an activating group) is 1. The fourth-order valence-corrected chi connectivity index (χ4v) is 2.31. The van der Waals surface area contributed by atoms with Crippen LogP contribution >= 0.6 is 0 Å². The Kier molecular flexibility index (Phi) is 4.02. The SMILES string of the molecule is CCN1CCN(c2ccc([C@@H](C)N)cc2)CC1. The lowest BCUT2D eigenvalue weighted by Crippen LogP contribution is -2.46. The smallest absolute Gasteiger partial charge is 0.0367 e. The van der Waals surface area contributed by atoms with Crippen molar-refractivity contribution in [3.8, 4) is 0 Å². The number of hydrogen-bond donors (Lipinski definition) is 1. The molecule has 0 bridgehead atoms. The second kappa shape index (κ2) is 5.52. The summed E-state index contributed by atoms with van der Waals surface area (Å²) >= 11 is 0. The fraction of sp³-hybridized carbons (Fsp3) is 0.571. The maximum Gasteiger partial charge on any atom is 0.0367 e. The second-order valence-corrected chi connectivity index (χ2v) is 4.80. The van der Waals surface area contributed by atoms with Crippen molar-refractivity contribution in [2.75, 3.05) is 37.6 Å². The Hall–Kier alpha value is -1.06. The minimum absolute atomic E-state index is 0.126. The van der Waals surface area contributed by atoms with Crippen LogP contribution in [0.15, 0.2) is 24.3 Å². The van der Waals surface area contributed by atoms with Crippen molar-refractivity contribution < 1.29 is 0 Å². The van der Waals surface area contributed by atoms with Crippen LogP contribution in [0.4, 0.5) is 5.69 Å². The summed E-state index contributed by atoms with van der Waals surface area (Å²) in [5, 5.41) is 0. The van der Waals surface area contributed by atoms with Gasteiger partial charge in [0.15, 0.2) is 0 Å². The minimum Gasteiger partial charge on any atom is -0.369 e. The number of nitrogens with two attached hydrogens (primary N) is 1. The van der Waals surface area contributed by atoms with Gasteiger partial charge in [-0.15, -0.1) is 0 Å². The van der Waals surface area contributed by atoms with Crippen molar-refractivity contribution in [3.63, 3.8) is 0 Å². The molecule has 0 spiro atoms. The molecule has 0 radical (unpaired) electrons. The third kappa shape index (κ3) is 2.99. The molecule has 1 heterocycles. The molecule has 17 heavy (non-hydrogen) atoms. The van der Waals surface area contributed by atoms with Crippen molar-refractivity contribution in [2.24, 2.45) is 5.73 Å². The molecule has 1 aromatic carbocycles. The molecular formula is C14H23N3. The largest absolute Gasteiger partial charge is 0.369 e. The van der Waals surface area contributed by atoms with Crippen LogP contribution in [0.2, 0.25) is 0 Å². The van der Waals surface area contributed by atoms with E-state index in [4.69, 9.17) is 5.73 Å². The average molecular weight is 233 g/mol. The molecule has 94 valence electrons. The number of benzene rings is 1. The van der Waals surface area contributed by atoms with Crippen molar-refractivity contribution in [2.45, 2.75) is 19.9 Å². The van der Waals surface area contributed by atoms with Gasteiger partial charge in [-0.05, 0) is 31.2 Å². The van der Waals surface area contributed by atoms with E-state index in [1.807, 2.05) is 6.92 Å². The summed E-state index contributed by atoms with van der Waals surface area (Å²) in [5.41, 5.74) is 8.39. The Morgan fingerprint density at radius 3 is 2.18 bits per heavy atom. The predicted molar refractivity (Wildman–Crippen MR) is 73.4 cm³/mol. The van der Waals surface area contributed by atoms with Crippen LogP contribution in [0.3, 0.4) is 0 Å². The van der Waals surface area contributed by atoms with Crippen molar-refractivity contribution in [3.05, 3.63) is 29.8 Å². The van der Waals surface area contributed by atoms with E-state index in [0.29, 0.717) is 0 Å². The number of anilines is 1. The second-order valence-electron chi connectivity index (χ2n) is 4.80. The number of piperazine rings is 1. The van der Waals surface area contributed by atoms with Gasteiger partial charge >= 0.3 is 0 Å². The summed E-state index contributed by atoms with van der Waals surface area (Å²) in [7, 11) is 0. The van der Waals surface area contributed by atoms with Crippen LogP contribution < -0.4 is 10.6 Å². The Morgan fingerprint density at radius 2 is 1.71 bits per heavy atom. The number of rotatable bonds is 3. The first-order valence-corrected chi connectivity index (χ1v) is 6.53. The molecule has 0 aliphatic carbocycles. The Labute approximate surface area is 104 Å². The zero-order valence-corrected chi connectivity index (χ0v) is 10.9. The average Bonchev–Trinajstić information content (AvgIpc) is 2.39. The topological polar surface area (TPSA) is 32.5 Å². The maximum atomic E-state index is 5.86. The van der Waals surface area contributed by atoms with E-state index in [1.165, 1.54) is 24.3 Å². The Morgan fingerprint density at radius 1 is 1.12 bits per heavy atom. The van der Waals surface area contributed by atoms with E-state index >= 15 is 0 Å². The lowest BCUT2D eigenvalue weighted by atomic mass is 10.1. The molecule has 1 aliphatic rings. The molecular weight excluding hydrogens is 210 g/mol. The third-order valence-electron chi connectivity index (χ3n) is 3.60. The number of nitrogens with zero attached hydrogens (tertiary/aromatic N) is 2. The van der Waals surface area contributed by atoms with E-state index < -0.39 is 0 Å². The van der Waals surface area contributed by atoms with Gasteiger partial charge in [-0.25, -0.2) is 0 Å². The molecule has 1 aliphatic heterocycles. The normalized spacial score (nSPS) is 19.4. The molecule has 3 heteroatoms. The van der Waals surface area contributed by atoms with Gasteiger partial charge in [-0.2, -0.15) is 0 Å². The number of hydrogen-bond acceptors (Lipinski definition) is 3. The molecule has 1 aromatic rings. The van der Waals surface area contributed by atoms with Gasteiger partial charge in [0, 0.05) is 37.9 Å². The van der Waals surface area contributed by atoms with Crippen LogP contribution in [0, 0.1) is 0 Å². The van der Waals surface area contributed by atoms with Crippen molar-refractivity contribution in [1.82, 2.24) is 4.90 Å². The molecule has 0 unspecified atom stereocenters. The lowest BCUT2D eigenvalue weighted by molar-refractivity contribution is 0.271. The van der Waals surface area contributed by atoms with E-state index in [9.17, 15) is 0 Å². The van der Waals surface area contributed by atoms with E-state index in [1.54, 1.807) is 0 Å². The minimum atomic E-state index is 0.126. The molecule has 1 saturated heterocycles.